The zero-order valence-corrected chi connectivity index (χ0v) is 35.6. The normalized spacial score (nSPS) is 11.7. The highest BCUT2D eigenvalue weighted by molar-refractivity contribution is 6.38. The summed E-state index contributed by atoms with van der Waals surface area (Å²) in [6, 6.07) is 91.6. The number of hydrogen-bond donors (Lipinski definition) is 0. The van der Waals surface area contributed by atoms with Crippen molar-refractivity contribution in [2.24, 2.45) is 0 Å². The van der Waals surface area contributed by atoms with Crippen molar-refractivity contribution in [3.05, 3.63) is 249 Å². The Kier molecular flexibility index (Phi) is 8.60. The molecule has 0 radical (unpaired) electrons. The largest absolute Gasteiger partial charge is 0.310 e. The molecule has 0 N–H and O–H groups in total. The van der Waals surface area contributed by atoms with E-state index in [1.165, 1.54) is 109 Å². The summed E-state index contributed by atoms with van der Waals surface area (Å²) >= 11 is 0. The molecule has 13 aromatic carbocycles. The van der Waals surface area contributed by atoms with Crippen LogP contribution in [0, 0.1) is 0 Å². The Balaban J connectivity index is 1.01. The number of rotatable bonds is 7. The van der Waals surface area contributed by atoms with Gasteiger partial charge >= 0.3 is 0 Å². The highest BCUT2D eigenvalue weighted by atomic mass is 15.1. The van der Waals surface area contributed by atoms with Gasteiger partial charge in [-0.2, -0.15) is 0 Å². The van der Waals surface area contributed by atoms with Gasteiger partial charge in [0.05, 0.1) is 5.69 Å². The standard InChI is InChI=1S/C64H41N/c1-3-11-42(12-4-1)44-23-27-46(28-24-44)48-33-37-53(38-34-48)65(54-39-35-49(36-40-54)47-29-25-45(26-30-47)43-13-5-2-6-14-43)60-41-52-17-9-20-56-55-18-7-15-50-31-32-51-16-8-19-57(62(51)61(50)55)58-21-10-22-59(60)64(58)63(52)56/h1-41H. The van der Waals surface area contributed by atoms with Crippen molar-refractivity contribution < 1.29 is 0 Å². The van der Waals surface area contributed by atoms with Crippen LogP contribution in [0.3, 0.4) is 0 Å². The third kappa shape index (κ3) is 6.16. The molecule has 0 bridgehead atoms. The number of fused-ring (bicyclic) bond motifs is 2. The first-order valence-electron chi connectivity index (χ1n) is 22.5. The lowest BCUT2D eigenvalue weighted by molar-refractivity contribution is 1.30. The maximum Gasteiger partial charge on any atom is 0.0546 e. The first-order chi connectivity index (χ1) is 32.2. The Hall–Kier alpha value is -8.52. The Morgan fingerprint density at radius 3 is 0.923 bits per heavy atom. The summed E-state index contributed by atoms with van der Waals surface area (Å²) in [5, 5.41) is 15.3. The van der Waals surface area contributed by atoms with Crippen molar-refractivity contribution in [3.8, 4) is 44.5 Å². The van der Waals surface area contributed by atoms with Crippen molar-refractivity contribution in [3.63, 3.8) is 0 Å². The van der Waals surface area contributed by atoms with E-state index in [1.54, 1.807) is 0 Å². The molecule has 0 spiro atoms. The van der Waals surface area contributed by atoms with Crippen molar-refractivity contribution in [1.29, 1.82) is 0 Å². The third-order valence-corrected chi connectivity index (χ3v) is 13.6. The molecule has 0 saturated heterocycles. The molecule has 13 aromatic rings. The van der Waals surface area contributed by atoms with Crippen molar-refractivity contribution in [2.75, 3.05) is 4.90 Å². The lowest BCUT2D eigenvalue weighted by Gasteiger charge is -2.28. The molecule has 13 rings (SSSR count). The van der Waals surface area contributed by atoms with Gasteiger partial charge in [0.25, 0.3) is 0 Å². The fourth-order valence-corrected chi connectivity index (χ4v) is 10.5. The average molecular weight is 824 g/mol. The van der Waals surface area contributed by atoms with E-state index in [0.717, 1.165) is 17.1 Å². The molecule has 0 aliphatic carbocycles. The summed E-state index contributed by atoms with van der Waals surface area (Å²) in [4.78, 5) is 2.46. The Bertz CT molecular complexity index is 3750. The van der Waals surface area contributed by atoms with Gasteiger partial charge in [0.2, 0.25) is 0 Å². The van der Waals surface area contributed by atoms with E-state index in [2.05, 4.69) is 254 Å². The topological polar surface area (TPSA) is 3.24 Å². The van der Waals surface area contributed by atoms with Crippen LogP contribution in [0.25, 0.3) is 109 Å². The lowest BCUT2D eigenvalue weighted by atomic mass is 9.87. The number of benzene rings is 12. The Labute approximate surface area is 378 Å². The first-order valence-corrected chi connectivity index (χ1v) is 22.5. The van der Waals surface area contributed by atoms with Crippen LogP contribution in [0.5, 0.6) is 0 Å². The SMILES string of the molecule is c1ccc(-c2ccc(-c3ccc(N(c4ccc(-c5ccc(-c6ccccc6)cc5)cc4)c4cc5cccc6c7cccc8ccc9cccc(c%10cccc4c%10c56)c9c87)cc3)cc2)cc1. The quantitative estimate of drug-likeness (QED) is 0.145. The van der Waals surface area contributed by atoms with Gasteiger partial charge in [-0.1, -0.05) is 218 Å². The third-order valence-electron chi connectivity index (χ3n) is 13.6. The van der Waals surface area contributed by atoms with Gasteiger partial charge in [-0.05, 0) is 129 Å². The van der Waals surface area contributed by atoms with E-state index in [9.17, 15) is 0 Å². The maximum atomic E-state index is 2.46. The number of anilines is 3. The lowest BCUT2D eigenvalue weighted by Crippen LogP contribution is -2.10. The Morgan fingerprint density at radius 1 is 0.200 bits per heavy atom. The molecule has 1 heteroatoms. The smallest absolute Gasteiger partial charge is 0.0546 e. The van der Waals surface area contributed by atoms with Crippen molar-refractivity contribution in [1.82, 2.24) is 0 Å². The fraction of sp³-hybridized carbons (Fsp3) is 0. The van der Waals surface area contributed by atoms with E-state index >= 15 is 0 Å². The monoisotopic (exact) mass is 823 g/mol. The Morgan fingerprint density at radius 2 is 0.508 bits per heavy atom. The van der Waals surface area contributed by atoms with Gasteiger partial charge in [0, 0.05) is 22.1 Å². The molecule has 0 fully saturated rings. The van der Waals surface area contributed by atoms with E-state index in [0.29, 0.717) is 0 Å². The molecule has 0 aliphatic heterocycles. The predicted octanol–water partition coefficient (Wildman–Crippen LogP) is 18.2. The maximum absolute atomic E-state index is 2.46. The minimum atomic E-state index is 1.10. The molecule has 1 nitrogen and oxygen atoms in total. The van der Waals surface area contributed by atoms with Crippen molar-refractivity contribution >= 4 is 81.7 Å². The van der Waals surface area contributed by atoms with Crippen LogP contribution < -0.4 is 4.90 Å². The molecule has 0 atom stereocenters. The number of hydrogen-bond acceptors (Lipinski definition) is 1. The average Bonchev–Trinajstić information content (AvgIpc) is 3.38. The molecule has 0 amide bonds. The zero-order chi connectivity index (χ0) is 42.8. The predicted molar refractivity (Wildman–Crippen MR) is 279 cm³/mol. The molecule has 0 heterocycles. The summed E-state index contributed by atoms with van der Waals surface area (Å²) in [7, 11) is 0. The van der Waals surface area contributed by atoms with E-state index in [1.807, 2.05) is 0 Å². The van der Waals surface area contributed by atoms with Gasteiger partial charge in [0.1, 0.15) is 0 Å². The van der Waals surface area contributed by atoms with Crippen molar-refractivity contribution in [2.45, 2.75) is 0 Å². The van der Waals surface area contributed by atoms with Crippen LogP contribution >= 0.6 is 0 Å². The molecule has 65 heavy (non-hydrogen) atoms. The second-order valence-electron chi connectivity index (χ2n) is 17.2. The zero-order valence-electron chi connectivity index (χ0n) is 35.6. The van der Waals surface area contributed by atoms with Crippen LogP contribution in [0.1, 0.15) is 0 Å². The second-order valence-corrected chi connectivity index (χ2v) is 17.2. The highest BCUT2D eigenvalue weighted by Gasteiger charge is 2.21. The van der Waals surface area contributed by atoms with Crippen LogP contribution in [0.15, 0.2) is 249 Å². The molecule has 0 unspecified atom stereocenters. The summed E-state index contributed by atoms with van der Waals surface area (Å²) in [5.74, 6) is 0. The number of nitrogens with zero attached hydrogens (tertiary/aromatic N) is 1. The first kappa shape index (κ1) is 37.1. The van der Waals surface area contributed by atoms with E-state index in [4.69, 9.17) is 0 Å². The van der Waals surface area contributed by atoms with Crippen LogP contribution in [-0.2, 0) is 0 Å². The van der Waals surface area contributed by atoms with Crippen LogP contribution in [-0.4, -0.2) is 0 Å². The van der Waals surface area contributed by atoms with E-state index in [-0.39, 0.29) is 0 Å². The minimum Gasteiger partial charge on any atom is -0.310 e. The second kappa shape index (κ2) is 15.1. The van der Waals surface area contributed by atoms with Gasteiger partial charge in [-0.25, -0.2) is 0 Å². The van der Waals surface area contributed by atoms with Gasteiger partial charge in [-0.15, -0.1) is 0 Å². The summed E-state index contributed by atoms with van der Waals surface area (Å²) in [6.45, 7) is 0. The van der Waals surface area contributed by atoms with Gasteiger partial charge < -0.3 is 4.90 Å². The fourth-order valence-electron chi connectivity index (χ4n) is 10.5. The minimum absolute atomic E-state index is 1.10. The van der Waals surface area contributed by atoms with Gasteiger partial charge in [0.15, 0.2) is 0 Å². The molecule has 0 saturated carbocycles. The molecule has 0 aliphatic rings. The summed E-state index contributed by atoms with van der Waals surface area (Å²) in [5.41, 5.74) is 13.0. The molecular weight excluding hydrogens is 783 g/mol. The molecular formula is C64H41N. The van der Waals surface area contributed by atoms with Gasteiger partial charge in [-0.3, -0.25) is 0 Å². The molecule has 302 valence electrons. The summed E-state index contributed by atoms with van der Waals surface area (Å²) in [6.07, 6.45) is 0. The molecule has 0 aromatic heterocycles. The van der Waals surface area contributed by atoms with Crippen LogP contribution in [0.2, 0.25) is 0 Å². The van der Waals surface area contributed by atoms with E-state index < -0.39 is 0 Å². The highest BCUT2D eigenvalue weighted by Crippen LogP contribution is 2.48. The summed E-state index contributed by atoms with van der Waals surface area (Å²) < 4.78 is 0. The van der Waals surface area contributed by atoms with Crippen LogP contribution in [0.4, 0.5) is 17.1 Å².